The maximum atomic E-state index is 13.3. The van der Waals surface area contributed by atoms with Crippen molar-refractivity contribution in [1.82, 2.24) is 20.4 Å². The number of halogens is 1. The van der Waals surface area contributed by atoms with Crippen LogP contribution in [0.5, 0.6) is 11.5 Å². The van der Waals surface area contributed by atoms with Crippen LogP contribution in [0.1, 0.15) is 24.0 Å². The molecule has 0 bridgehead atoms. The topological polar surface area (TPSA) is 100 Å². The van der Waals surface area contributed by atoms with E-state index in [1.807, 2.05) is 18.2 Å². The van der Waals surface area contributed by atoms with E-state index in [9.17, 15) is 18.8 Å². The number of hydrogen-bond donors (Lipinski definition) is 2. The molecule has 2 unspecified atom stereocenters. The number of carbonyl (C=O) groups excluding carboxylic acids is 3. The van der Waals surface area contributed by atoms with Gasteiger partial charge in [-0.2, -0.15) is 0 Å². The average Bonchev–Trinajstić information content (AvgIpc) is 2.90. The zero-order valence-corrected chi connectivity index (χ0v) is 20.5. The average molecular weight is 499 g/mol. The summed E-state index contributed by atoms with van der Waals surface area (Å²) >= 11 is 0. The van der Waals surface area contributed by atoms with E-state index in [0.29, 0.717) is 43.0 Å². The summed E-state index contributed by atoms with van der Waals surface area (Å²) in [5, 5.41) is 6.08. The van der Waals surface area contributed by atoms with E-state index in [2.05, 4.69) is 10.6 Å². The van der Waals surface area contributed by atoms with Crippen LogP contribution in [-0.2, 0) is 22.6 Å². The van der Waals surface area contributed by atoms with E-state index in [4.69, 9.17) is 9.47 Å². The number of amides is 4. The smallest absolute Gasteiger partial charge is 0.327 e. The molecule has 4 rings (SSSR count). The van der Waals surface area contributed by atoms with E-state index in [1.165, 1.54) is 17.0 Å². The Kier molecular flexibility index (Phi) is 8.04. The number of urea groups is 1. The molecule has 2 aliphatic rings. The number of nitrogens with zero attached hydrogens (tertiary/aromatic N) is 2. The van der Waals surface area contributed by atoms with Gasteiger partial charge >= 0.3 is 6.03 Å². The van der Waals surface area contributed by atoms with Crippen LogP contribution in [0.25, 0.3) is 0 Å². The lowest BCUT2D eigenvalue weighted by Crippen LogP contribution is -2.70. The maximum absolute atomic E-state index is 13.3. The summed E-state index contributed by atoms with van der Waals surface area (Å²) in [6.45, 7) is 0.902. The first-order valence-corrected chi connectivity index (χ1v) is 12.0. The number of hydrogen-bond acceptors (Lipinski definition) is 6. The van der Waals surface area contributed by atoms with Gasteiger partial charge in [-0.1, -0.05) is 18.2 Å². The second-order valence-electron chi connectivity index (χ2n) is 8.89. The number of piperidine rings is 1. The molecular weight excluding hydrogens is 467 g/mol. The van der Waals surface area contributed by atoms with Crippen LogP contribution in [0, 0.1) is 5.82 Å². The number of imide groups is 1. The zero-order valence-electron chi connectivity index (χ0n) is 20.5. The summed E-state index contributed by atoms with van der Waals surface area (Å²) in [5.74, 6) is 0.227. The van der Waals surface area contributed by atoms with Gasteiger partial charge in [0.25, 0.3) is 0 Å². The Balaban J connectivity index is 1.40. The Morgan fingerprint density at radius 2 is 1.81 bits per heavy atom. The fraction of sp³-hybridized carbons (Fsp3) is 0.423. The fourth-order valence-corrected chi connectivity index (χ4v) is 4.71. The van der Waals surface area contributed by atoms with Gasteiger partial charge in [-0.3, -0.25) is 14.5 Å². The van der Waals surface area contributed by atoms with Crippen LogP contribution in [0.2, 0.25) is 0 Å². The molecule has 2 aromatic rings. The van der Waals surface area contributed by atoms with E-state index >= 15 is 0 Å². The minimum atomic E-state index is -0.573. The van der Waals surface area contributed by atoms with Gasteiger partial charge in [-0.25, -0.2) is 9.18 Å². The Labute approximate surface area is 209 Å². The van der Waals surface area contributed by atoms with Crippen LogP contribution in [-0.4, -0.2) is 73.6 Å². The van der Waals surface area contributed by atoms with Gasteiger partial charge in [0.2, 0.25) is 11.8 Å². The molecule has 2 aliphatic heterocycles. The number of methoxy groups -OCH3 is 2. The standard InChI is InChI=1S/C26H31FN4O5/c1-35-21-10-7-17(14-22(21)36-2)11-13-28-23(32)16-30-20-4-3-12-29-24(20)25(33)31(26(30)34)15-18-5-8-19(27)9-6-18/h5-10,14,20,24,29H,3-4,11-13,15-16H2,1-2H3,(H,28,32). The highest BCUT2D eigenvalue weighted by molar-refractivity contribution is 6.01. The third-order valence-corrected chi connectivity index (χ3v) is 6.59. The predicted octanol–water partition coefficient (Wildman–Crippen LogP) is 2.09. The van der Waals surface area contributed by atoms with Crippen molar-refractivity contribution in [2.24, 2.45) is 0 Å². The first kappa shape index (κ1) is 25.4. The first-order chi connectivity index (χ1) is 17.4. The minimum absolute atomic E-state index is 0.0142. The normalized spacial score (nSPS) is 19.6. The van der Waals surface area contributed by atoms with Crippen molar-refractivity contribution < 1.29 is 28.2 Å². The quantitative estimate of drug-likeness (QED) is 0.549. The molecule has 0 aliphatic carbocycles. The van der Waals surface area contributed by atoms with Gasteiger partial charge in [-0.15, -0.1) is 0 Å². The van der Waals surface area contributed by atoms with E-state index in [0.717, 1.165) is 16.9 Å². The van der Waals surface area contributed by atoms with E-state index in [1.54, 1.807) is 26.4 Å². The highest BCUT2D eigenvalue weighted by Gasteiger charge is 2.47. The Morgan fingerprint density at radius 3 is 2.53 bits per heavy atom. The summed E-state index contributed by atoms with van der Waals surface area (Å²) in [7, 11) is 3.14. The van der Waals surface area contributed by atoms with Gasteiger partial charge in [0.1, 0.15) is 18.4 Å². The van der Waals surface area contributed by atoms with Crippen molar-refractivity contribution in [1.29, 1.82) is 0 Å². The second-order valence-corrected chi connectivity index (χ2v) is 8.89. The van der Waals surface area contributed by atoms with Crippen LogP contribution in [0.15, 0.2) is 42.5 Å². The van der Waals surface area contributed by atoms with Crippen LogP contribution < -0.4 is 20.1 Å². The minimum Gasteiger partial charge on any atom is -0.493 e. The fourth-order valence-electron chi connectivity index (χ4n) is 4.71. The Bertz CT molecular complexity index is 1110. The Hall–Kier alpha value is -3.66. The highest BCUT2D eigenvalue weighted by atomic mass is 19.1. The number of ether oxygens (including phenoxy) is 2. The number of rotatable bonds is 9. The lowest BCUT2D eigenvalue weighted by molar-refractivity contribution is -0.139. The molecule has 2 fully saturated rings. The summed E-state index contributed by atoms with van der Waals surface area (Å²) < 4.78 is 23.9. The summed E-state index contributed by atoms with van der Waals surface area (Å²) in [5.41, 5.74) is 1.60. The molecule has 2 heterocycles. The molecule has 2 N–H and O–H groups in total. The molecule has 9 nitrogen and oxygen atoms in total. The largest absolute Gasteiger partial charge is 0.493 e. The predicted molar refractivity (Wildman–Crippen MR) is 130 cm³/mol. The highest BCUT2D eigenvalue weighted by Crippen LogP contribution is 2.28. The van der Waals surface area contributed by atoms with Crippen molar-refractivity contribution in [2.45, 2.75) is 37.9 Å². The lowest BCUT2D eigenvalue weighted by Gasteiger charge is -2.46. The van der Waals surface area contributed by atoms with Gasteiger partial charge in [0, 0.05) is 6.54 Å². The molecule has 0 aromatic heterocycles. The number of carbonyl (C=O) groups is 3. The van der Waals surface area contributed by atoms with Gasteiger partial charge in [-0.05, 0) is 61.2 Å². The third-order valence-electron chi connectivity index (χ3n) is 6.59. The van der Waals surface area contributed by atoms with Gasteiger partial charge in [0.15, 0.2) is 11.5 Å². The number of benzene rings is 2. The van der Waals surface area contributed by atoms with E-state index in [-0.39, 0.29) is 30.9 Å². The van der Waals surface area contributed by atoms with Crippen LogP contribution in [0.4, 0.5) is 9.18 Å². The molecular formula is C26H31FN4O5. The summed E-state index contributed by atoms with van der Waals surface area (Å²) in [6.07, 6.45) is 2.01. The molecule has 2 saturated heterocycles. The van der Waals surface area contributed by atoms with Crippen molar-refractivity contribution in [3.05, 3.63) is 59.4 Å². The van der Waals surface area contributed by atoms with Crippen molar-refractivity contribution in [3.63, 3.8) is 0 Å². The van der Waals surface area contributed by atoms with Crippen LogP contribution >= 0.6 is 0 Å². The molecule has 0 radical (unpaired) electrons. The Morgan fingerprint density at radius 1 is 1.08 bits per heavy atom. The molecule has 0 saturated carbocycles. The lowest BCUT2D eigenvalue weighted by atomic mass is 9.93. The molecule has 0 spiro atoms. The van der Waals surface area contributed by atoms with Gasteiger partial charge < -0.3 is 25.0 Å². The second kappa shape index (κ2) is 11.4. The van der Waals surface area contributed by atoms with Crippen molar-refractivity contribution in [2.75, 3.05) is 33.9 Å². The molecule has 36 heavy (non-hydrogen) atoms. The van der Waals surface area contributed by atoms with E-state index < -0.39 is 17.9 Å². The number of fused-ring (bicyclic) bond motifs is 1. The first-order valence-electron chi connectivity index (χ1n) is 12.0. The summed E-state index contributed by atoms with van der Waals surface area (Å²) in [4.78, 5) is 41.9. The zero-order chi connectivity index (χ0) is 25.7. The summed E-state index contributed by atoms with van der Waals surface area (Å²) in [6, 6.07) is 9.77. The molecule has 2 atom stereocenters. The molecule has 4 amide bonds. The van der Waals surface area contributed by atoms with Crippen molar-refractivity contribution in [3.8, 4) is 11.5 Å². The SMILES string of the molecule is COc1ccc(CCNC(=O)CN2C(=O)N(Cc3ccc(F)cc3)C(=O)C3NCCCC32)cc1OC. The maximum Gasteiger partial charge on any atom is 0.327 e. The van der Waals surface area contributed by atoms with Crippen LogP contribution in [0.3, 0.4) is 0 Å². The van der Waals surface area contributed by atoms with Gasteiger partial charge in [0.05, 0.1) is 26.8 Å². The van der Waals surface area contributed by atoms with Crippen molar-refractivity contribution >= 4 is 17.8 Å². The monoisotopic (exact) mass is 498 g/mol. The number of nitrogens with one attached hydrogen (secondary N) is 2. The molecule has 2 aromatic carbocycles. The third kappa shape index (κ3) is 5.59. The molecule has 10 heteroatoms. The molecule has 192 valence electrons.